The number of benzene rings is 2. The summed E-state index contributed by atoms with van der Waals surface area (Å²) in [6.07, 6.45) is 5.52. The molecule has 0 aliphatic heterocycles. The molecule has 0 aliphatic carbocycles. The predicted octanol–water partition coefficient (Wildman–Crippen LogP) is 7.35. The average Bonchev–Trinajstić information content (AvgIpc) is 2.89. The van der Waals surface area contributed by atoms with Gasteiger partial charge in [0.1, 0.15) is 17.7 Å². The van der Waals surface area contributed by atoms with E-state index in [2.05, 4.69) is 17.6 Å². The van der Waals surface area contributed by atoms with E-state index in [1.165, 1.54) is 0 Å². The maximum atomic E-state index is 14.4. The number of aryl methyl sites for hydroxylation is 3. The molecule has 2 N–H and O–H groups in total. The van der Waals surface area contributed by atoms with E-state index in [1.807, 2.05) is 69.5 Å². The molecule has 0 aliphatic rings. The number of alkyl carbamates (subject to hydrolysis) is 1. The lowest BCUT2D eigenvalue weighted by Gasteiger charge is -2.35. The molecule has 0 spiro atoms. The number of hydrogen-bond donors (Lipinski definition) is 2. The van der Waals surface area contributed by atoms with Gasteiger partial charge in [-0.2, -0.15) is 11.8 Å². The highest BCUT2D eigenvalue weighted by Crippen LogP contribution is 2.29. The van der Waals surface area contributed by atoms with E-state index < -0.39 is 23.8 Å². The molecule has 41 heavy (non-hydrogen) atoms. The van der Waals surface area contributed by atoms with Crippen molar-refractivity contribution in [2.24, 2.45) is 0 Å². The van der Waals surface area contributed by atoms with Gasteiger partial charge in [-0.25, -0.2) is 4.79 Å². The summed E-state index contributed by atoms with van der Waals surface area (Å²) in [4.78, 5) is 43.0. The number of carbonyl (C=O) groups excluding carboxylic acids is 3. The molecular weight excluding hydrogens is 534 g/mol. The van der Waals surface area contributed by atoms with Crippen LogP contribution >= 0.6 is 11.8 Å². The number of amides is 3. The van der Waals surface area contributed by atoms with Crippen molar-refractivity contribution in [3.8, 4) is 0 Å². The third kappa shape index (κ3) is 11.1. The van der Waals surface area contributed by atoms with Gasteiger partial charge in [-0.05, 0) is 89.1 Å². The van der Waals surface area contributed by atoms with E-state index in [0.717, 1.165) is 47.9 Å². The third-order valence-electron chi connectivity index (χ3n) is 6.82. The molecule has 2 aromatic rings. The number of hydrogen-bond acceptors (Lipinski definition) is 5. The summed E-state index contributed by atoms with van der Waals surface area (Å²) in [5.41, 5.74) is 3.72. The van der Waals surface area contributed by atoms with Gasteiger partial charge in [0, 0.05) is 12.2 Å². The first-order chi connectivity index (χ1) is 19.4. The molecule has 2 aromatic carbocycles. The van der Waals surface area contributed by atoms with Crippen molar-refractivity contribution in [2.75, 3.05) is 23.9 Å². The number of nitrogens with one attached hydrogen (secondary N) is 2. The zero-order valence-corrected chi connectivity index (χ0v) is 27.0. The van der Waals surface area contributed by atoms with E-state index >= 15 is 0 Å². The fourth-order valence-corrected chi connectivity index (χ4v) is 5.19. The lowest BCUT2D eigenvalue weighted by molar-refractivity contribution is -0.141. The summed E-state index contributed by atoms with van der Waals surface area (Å²) in [6, 6.07) is 11.9. The standard InChI is InChI=1S/C33H49N3O4S/c1-9-10-11-14-20-36(31(38)28(19-21-41-8)35-32(39)40-33(5,6)7)29(26-18-17-23(2)22-25(26)4)30(37)34-27-16-13-12-15-24(27)3/h12-13,15-18,22,28-29H,9-11,14,19-21H2,1-8H3,(H,34,37)(H,35,39). The molecule has 0 saturated carbocycles. The van der Waals surface area contributed by atoms with Gasteiger partial charge < -0.3 is 20.3 Å². The topological polar surface area (TPSA) is 87.7 Å². The molecule has 0 bridgehead atoms. The fourth-order valence-electron chi connectivity index (χ4n) is 4.72. The number of thioether (sulfide) groups is 1. The number of nitrogens with zero attached hydrogens (tertiary/aromatic N) is 1. The number of para-hydroxylation sites is 1. The number of rotatable bonds is 14. The Morgan fingerprint density at radius 1 is 0.976 bits per heavy atom. The molecule has 0 fully saturated rings. The van der Waals surface area contributed by atoms with Crippen LogP contribution in [0.5, 0.6) is 0 Å². The van der Waals surface area contributed by atoms with Gasteiger partial charge in [-0.1, -0.05) is 68.1 Å². The molecule has 0 saturated heterocycles. The van der Waals surface area contributed by atoms with Crippen LogP contribution in [0, 0.1) is 20.8 Å². The molecule has 3 amide bonds. The van der Waals surface area contributed by atoms with Crippen molar-refractivity contribution in [1.82, 2.24) is 10.2 Å². The van der Waals surface area contributed by atoms with E-state index in [9.17, 15) is 14.4 Å². The van der Waals surface area contributed by atoms with Crippen LogP contribution in [0.15, 0.2) is 42.5 Å². The van der Waals surface area contributed by atoms with Gasteiger partial charge in [0.25, 0.3) is 5.91 Å². The quantitative estimate of drug-likeness (QED) is 0.227. The summed E-state index contributed by atoms with van der Waals surface area (Å²) in [6.45, 7) is 13.8. The minimum absolute atomic E-state index is 0.282. The molecule has 7 nitrogen and oxygen atoms in total. The largest absolute Gasteiger partial charge is 0.444 e. The van der Waals surface area contributed by atoms with Crippen molar-refractivity contribution >= 4 is 35.4 Å². The highest BCUT2D eigenvalue weighted by molar-refractivity contribution is 7.98. The van der Waals surface area contributed by atoms with Crippen molar-refractivity contribution in [3.05, 3.63) is 64.7 Å². The van der Waals surface area contributed by atoms with Crippen molar-refractivity contribution in [1.29, 1.82) is 0 Å². The molecule has 2 rings (SSSR count). The minimum Gasteiger partial charge on any atom is -0.444 e. The van der Waals surface area contributed by atoms with E-state index in [1.54, 1.807) is 37.4 Å². The Morgan fingerprint density at radius 3 is 2.29 bits per heavy atom. The van der Waals surface area contributed by atoms with Gasteiger partial charge in [0.15, 0.2) is 0 Å². The van der Waals surface area contributed by atoms with Gasteiger partial charge in [0.2, 0.25) is 5.91 Å². The van der Waals surface area contributed by atoms with Crippen LogP contribution in [0.25, 0.3) is 0 Å². The van der Waals surface area contributed by atoms with Gasteiger partial charge in [-0.15, -0.1) is 0 Å². The molecule has 2 atom stereocenters. The van der Waals surface area contributed by atoms with Crippen LogP contribution in [-0.2, 0) is 14.3 Å². The maximum Gasteiger partial charge on any atom is 0.408 e. The monoisotopic (exact) mass is 583 g/mol. The zero-order chi connectivity index (χ0) is 30.6. The molecule has 2 unspecified atom stereocenters. The molecule has 0 radical (unpaired) electrons. The van der Waals surface area contributed by atoms with Crippen molar-refractivity contribution in [2.45, 2.75) is 98.3 Å². The second-order valence-corrected chi connectivity index (χ2v) is 12.6. The average molecular weight is 584 g/mol. The summed E-state index contributed by atoms with van der Waals surface area (Å²) >= 11 is 1.60. The first-order valence-electron chi connectivity index (χ1n) is 14.6. The van der Waals surface area contributed by atoms with Gasteiger partial charge in [-0.3, -0.25) is 9.59 Å². The summed E-state index contributed by atoms with van der Waals surface area (Å²) in [5.74, 6) is 0.0989. The highest BCUT2D eigenvalue weighted by atomic mass is 32.2. The lowest BCUT2D eigenvalue weighted by atomic mass is 9.95. The molecule has 0 heterocycles. The third-order valence-corrected chi connectivity index (χ3v) is 7.46. The Morgan fingerprint density at radius 2 is 1.68 bits per heavy atom. The Kier molecular flexibility index (Phi) is 13.7. The first-order valence-corrected chi connectivity index (χ1v) is 16.0. The van der Waals surface area contributed by atoms with E-state index in [0.29, 0.717) is 24.4 Å². The highest BCUT2D eigenvalue weighted by Gasteiger charge is 2.36. The molecular formula is C33H49N3O4S. The lowest BCUT2D eigenvalue weighted by Crippen LogP contribution is -2.53. The van der Waals surface area contributed by atoms with Gasteiger partial charge >= 0.3 is 6.09 Å². The maximum absolute atomic E-state index is 14.4. The molecule has 226 valence electrons. The fraction of sp³-hybridized carbons (Fsp3) is 0.545. The van der Waals surface area contributed by atoms with Crippen LogP contribution in [0.3, 0.4) is 0 Å². The Labute approximate surface area is 251 Å². The summed E-state index contributed by atoms with van der Waals surface area (Å²) < 4.78 is 5.50. The predicted molar refractivity (Wildman–Crippen MR) is 170 cm³/mol. The molecule has 0 aromatic heterocycles. The number of anilines is 1. The number of unbranched alkanes of at least 4 members (excludes halogenated alkanes) is 3. The Balaban J connectivity index is 2.58. The number of ether oxygens (including phenoxy) is 1. The van der Waals surface area contributed by atoms with Crippen molar-refractivity contribution in [3.63, 3.8) is 0 Å². The summed E-state index contributed by atoms with van der Waals surface area (Å²) in [5, 5.41) is 5.91. The zero-order valence-electron chi connectivity index (χ0n) is 26.1. The second kappa shape index (κ2) is 16.4. The van der Waals surface area contributed by atoms with Gasteiger partial charge in [0.05, 0.1) is 0 Å². The van der Waals surface area contributed by atoms with E-state index in [-0.39, 0.29) is 11.8 Å². The van der Waals surface area contributed by atoms with Crippen LogP contribution < -0.4 is 10.6 Å². The molecule has 8 heteroatoms. The number of carbonyl (C=O) groups is 3. The van der Waals surface area contributed by atoms with Crippen LogP contribution in [0.2, 0.25) is 0 Å². The Bertz CT molecular complexity index is 1160. The second-order valence-electron chi connectivity index (χ2n) is 11.6. The van der Waals surface area contributed by atoms with Crippen LogP contribution in [0.1, 0.15) is 88.1 Å². The summed E-state index contributed by atoms with van der Waals surface area (Å²) in [7, 11) is 0. The SMILES string of the molecule is CCCCCCN(C(=O)C(CCSC)NC(=O)OC(C)(C)C)C(C(=O)Nc1ccccc1C)c1ccc(C)cc1C. The van der Waals surface area contributed by atoms with Crippen LogP contribution in [0.4, 0.5) is 10.5 Å². The van der Waals surface area contributed by atoms with Crippen LogP contribution in [-0.4, -0.2) is 53.0 Å². The van der Waals surface area contributed by atoms with Crippen molar-refractivity contribution < 1.29 is 19.1 Å². The Hall–Kier alpha value is -3.00. The smallest absolute Gasteiger partial charge is 0.408 e. The minimum atomic E-state index is -0.874. The first kappa shape index (κ1) is 34.2. The van der Waals surface area contributed by atoms with E-state index in [4.69, 9.17) is 4.74 Å². The normalized spacial score (nSPS) is 12.8.